The van der Waals surface area contributed by atoms with Gasteiger partial charge in [-0.25, -0.2) is 9.98 Å². The average molecular weight is 360 g/mol. The van der Waals surface area contributed by atoms with E-state index in [2.05, 4.69) is 16.6 Å². The summed E-state index contributed by atoms with van der Waals surface area (Å²) in [4.78, 5) is 23.2. The predicted molar refractivity (Wildman–Crippen MR) is 97.3 cm³/mol. The summed E-state index contributed by atoms with van der Waals surface area (Å²) in [5.41, 5.74) is 0.513. The maximum Gasteiger partial charge on any atom is 0.267 e. The fraction of sp³-hybridized carbons (Fsp3) is 0.118. The van der Waals surface area contributed by atoms with E-state index < -0.39 is 0 Å². The van der Waals surface area contributed by atoms with E-state index in [9.17, 15) is 4.79 Å². The Morgan fingerprint density at radius 3 is 2.96 bits per heavy atom. The van der Waals surface area contributed by atoms with Crippen LogP contribution >= 0.6 is 23.4 Å². The molecular formula is C17H14ClN3O2S. The van der Waals surface area contributed by atoms with Gasteiger partial charge in [0, 0.05) is 18.8 Å². The number of carbonyl (C=O) groups excluding carboxylic acids is 1. The van der Waals surface area contributed by atoms with Crippen molar-refractivity contribution in [2.24, 2.45) is 4.99 Å². The minimum absolute atomic E-state index is 0.146. The van der Waals surface area contributed by atoms with Crippen LogP contribution in [0, 0.1) is 6.92 Å². The maximum atomic E-state index is 12.6. The fourth-order valence-electron chi connectivity index (χ4n) is 2.11. The number of aliphatic imine (C=N–C) groups is 1. The molecule has 0 N–H and O–H groups in total. The SMILES string of the molecule is C=CCN1C(=O)/C(=C\c2ccc(C)o2)SC1=Nc1cccnc1Cl. The third-order valence-corrected chi connectivity index (χ3v) is 4.49. The third-order valence-electron chi connectivity index (χ3n) is 3.19. The van der Waals surface area contributed by atoms with Gasteiger partial charge < -0.3 is 4.42 Å². The summed E-state index contributed by atoms with van der Waals surface area (Å²) < 4.78 is 5.51. The second-order valence-electron chi connectivity index (χ2n) is 4.97. The minimum atomic E-state index is -0.146. The van der Waals surface area contributed by atoms with Gasteiger partial charge in [-0.1, -0.05) is 17.7 Å². The summed E-state index contributed by atoms with van der Waals surface area (Å²) in [7, 11) is 0. The van der Waals surface area contributed by atoms with E-state index in [-0.39, 0.29) is 11.1 Å². The first-order chi connectivity index (χ1) is 11.6. The molecule has 1 aliphatic rings. The molecule has 1 aliphatic heterocycles. The lowest BCUT2D eigenvalue weighted by Crippen LogP contribution is -2.29. The highest BCUT2D eigenvalue weighted by molar-refractivity contribution is 8.18. The van der Waals surface area contributed by atoms with Crippen molar-refractivity contribution < 1.29 is 9.21 Å². The zero-order chi connectivity index (χ0) is 17.1. The number of pyridine rings is 1. The van der Waals surface area contributed by atoms with Gasteiger partial charge in [0.15, 0.2) is 10.3 Å². The first kappa shape index (κ1) is 16.5. The van der Waals surface area contributed by atoms with Crippen molar-refractivity contribution in [3.8, 4) is 0 Å². The third kappa shape index (κ3) is 3.44. The number of hydrogen-bond donors (Lipinski definition) is 0. The number of rotatable bonds is 4. The van der Waals surface area contributed by atoms with Gasteiger partial charge in [0.1, 0.15) is 17.2 Å². The molecule has 1 saturated heterocycles. The average Bonchev–Trinajstić information content (AvgIpc) is 3.09. The van der Waals surface area contributed by atoms with Crippen molar-refractivity contribution in [2.45, 2.75) is 6.92 Å². The Morgan fingerprint density at radius 2 is 2.29 bits per heavy atom. The molecule has 122 valence electrons. The number of carbonyl (C=O) groups is 1. The molecular weight excluding hydrogens is 346 g/mol. The summed E-state index contributed by atoms with van der Waals surface area (Å²) in [6.45, 7) is 5.91. The summed E-state index contributed by atoms with van der Waals surface area (Å²) >= 11 is 7.32. The van der Waals surface area contributed by atoms with Crippen molar-refractivity contribution in [3.05, 3.63) is 64.7 Å². The van der Waals surface area contributed by atoms with Gasteiger partial charge >= 0.3 is 0 Å². The molecule has 0 atom stereocenters. The van der Waals surface area contributed by atoms with E-state index in [1.807, 2.05) is 19.1 Å². The monoisotopic (exact) mass is 359 g/mol. The topological polar surface area (TPSA) is 58.7 Å². The Labute approximate surface area is 148 Å². The molecule has 0 aromatic carbocycles. The van der Waals surface area contributed by atoms with Crippen LogP contribution in [0.1, 0.15) is 11.5 Å². The highest BCUT2D eigenvalue weighted by Crippen LogP contribution is 2.35. The zero-order valence-corrected chi connectivity index (χ0v) is 14.5. The van der Waals surface area contributed by atoms with Crippen molar-refractivity contribution in [2.75, 3.05) is 6.54 Å². The Bertz CT molecular complexity index is 857. The summed E-state index contributed by atoms with van der Waals surface area (Å²) in [6.07, 6.45) is 4.95. The largest absolute Gasteiger partial charge is 0.462 e. The van der Waals surface area contributed by atoms with Crippen LogP contribution < -0.4 is 0 Å². The Balaban J connectivity index is 1.97. The first-order valence-electron chi connectivity index (χ1n) is 7.16. The normalized spacial score (nSPS) is 17.9. The van der Waals surface area contributed by atoms with Crippen LogP contribution in [0.15, 0.2) is 57.4 Å². The van der Waals surface area contributed by atoms with Crippen molar-refractivity contribution in [1.82, 2.24) is 9.88 Å². The molecule has 0 unspecified atom stereocenters. The van der Waals surface area contributed by atoms with E-state index in [1.165, 1.54) is 11.8 Å². The van der Waals surface area contributed by atoms with E-state index in [0.29, 0.717) is 28.1 Å². The number of amidine groups is 1. The number of thioether (sulfide) groups is 1. The van der Waals surface area contributed by atoms with E-state index >= 15 is 0 Å². The molecule has 1 amide bonds. The molecule has 0 aliphatic carbocycles. The Kier molecular flexibility index (Phi) is 4.87. The van der Waals surface area contributed by atoms with Crippen LogP contribution in [-0.4, -0.2) is 27.5 Å². The lowest BCUT2D eigenvalue weighted by molar-refractivity contribution is -0.121. The first-order valence-corrected chi connectivity index (χ1v) is 8.36. The second-order valence-corrected chi connectivity index (χ2v) is 6.34. The van der Waals surface area contributed by atoms with Crippen LogP contribution in [0.2, 0.25) is 5.15 Å². The Hall–Kier alpha value is -2.31. The molecule has 1 fully saturated rings. The highest BCUT2D eigenvalue weighted by atomic mass is 35.5. The summed E-state index contributed by atoms with van der Waals surface area (Å²) in [6, 6.07) is 7.16. The summed E-state index contributed by atoms with van der Waals surface area (Å²) in [5, 5.41) is 0.819. The van der Waals surface area contributed by atoms with Gasteiger partial charge in [0.05, 0.1) is 4.91 Å². The van der Waals surface area contributed by atoms with E-state index in [1.54, 1.807) is 35.4 Å². The van der Waals surface area contributed by atoms with Gasteiger partial charge in [0.2, 0.25) is 0 Å². The molecule has 0 bridgehead atoms. The van der Waals surface area contributed by atoms with Gasteiger partial charge in [-0.15, -0.1) is 6.58 Å². The standard InChI is InChI=1S/C17H14ClN3O2S/c1-3-9-21-16(22)14(10-12-7-6-11(2)23-12)24-17(21)20-13-5-4-8-19-15(13)18/h3-8,10H,1,9H2,2H3/b14-10+,20-17?. The molecule has 7 heteroatoms. The van der Waals surface area contributed by atoms with Crippen LogP contribution in [0.4, 0.5) is 5.69 Å². The molecule has 0 saturated carbocycles. The molecule has 24 heavy (non-hydrogen) atoms. The maximum absolute atomic E-state index is 12.6. The second kappa shape index (κ2) is 7.07. The number of hydrogen-bond acceptors (Lipinski definition) is 5. The number of aryl methyl sites for hydroxylation is 1. The molecule has 0 radical (unpaired) electrons. The van der Waals surface area contributed by atoms with E-state index in [0.717, 1.165) is 5.76 Å². The number of furan rings is 1. The van der Waals surface area contributed by atoms with Crippen LogP contribution in [0.3, 0.4) is 0 Å². The molecule has 0 spiro atoms. The lowest BCUT2D eigenvalue weighted by Gasteiger charge is -2.12. The molecule has 3 rings (SSSR count). The predicted octanol–water partition coefficient (Wildman–Crippen LogP) is 4.43. The quantitative estimate of drug-likeness (QED) is 0.460. The van der Waals surface area contributed by atoms with Crippen LogP contribution in [0.25, 0.3) is 6.08 Å². The number of aromatic nitrogens is 1. The number of nitrogens with zero attached hydrogens (tertiary/aromatic N) is 3. The van der Waals surface area contributed by atoms with Crippen molar-refractivity contribution >= 4 is 46.2 Å². The number of halogens is 1. The fourth-order valence-corrected chi connectivity index (χ4v) is 3.25. The lowest BCUT2D eigenvalue weighted by atomic mass is 10.3. The van der Waals surface area contributed by atoms with Crippen LogP contribution in [0.5, 0.6) is 0 Å². The summed E-state index contributed by atoms with van der Waals surface area (Å²) in [5.74, 6) is 1.27. The smallest absolute Gasteiger partial charge is 0.267 e. The van der Waals surface area contributed by atoms with Crippen molar-refractivity contribution in [3.63, 3.8) is 0 Å². The van der Waals surface area contributed by atoms with E-state index in [4.69, 9.17) is 16.0 Å². The zero-order valence-electron chi connectivity index (χ0n) is 12.9. The van der Waals surface area contributed by atoms with Crippen LogP contribution in [-0.2, 0) is 4.79 Å². The minimum Gasteiger partial charge on any atom is -0.462 e. The van der Waals surface area contributed by atoms with Gasteiger partial charge in [-0.2, -0.15) is 0 Å². The van der Waals surface area contributed by atoms with Gasteiger partial charge in [0.25, 0.3) is 5.91 Å². The van der Waals surface area contributed by atoms with Crippen molar-refractivity contribution in [1.29, 1.82) is 0 Å². The molecule has 3 heterocycles. The molecule has 2 aromatic heterocycles. The van der Waals surface area contributed by atoms with Gasteiger partial charge in [-0.3, -0.25) is 9.69 Å². The molecule has 2 aromatic rings. The number of amides is 1. The molecule has 5 nitrogen and oxygen atoms in total. The Morgan fingerprint density at radius 1 is 1.46 bits per heavy atom. The van der Waals surface area contributed by atoms with Gasteiger partial charge in [-0.05, 0) is 43.0 Å². The highest BCUT2D eigenvalue weighted by Gasteiger charge is 2.33.